The molecule has 6 heteroatoms. The van der Waals surface area contributed by atoms with Crippen LogP contribution in [0, 0.1) is 5.82 Å². The molecule has 1 aliphatic heterocycles. The predicted molar refractivity (Wildman–Crippen MR) is 62.3 cm³/mol. The van der Waals surface area contributed by atoms with Crippen molar-refractivity contribution in [2.24, 2.45) is 0 Å². The molecule has 0 spiro atoms. The zero-order valence-corrected chi connectivity index (χ0v) is 9.77. The van der Waals surface area contributed by atoms with Gasteiger partial charge in [0.15, 0.2) is 5.82 Å². The molecule has 1 fully saturated rings. The number of piperidine rings is 1. The van der Waals surface area contributed by atoms with Gasteiger partial charge in [-0.15, -0.1) is 0 Å². The first-order valence-electron chi connectivity index (χ1n) is 5.98. The molecule has 0 amide bonds. The molecule has 0 radical (unpaired) electrons. The lowest BCUT2D eigenvalue weighted by molar-refractivity contribution is 0.393. The van der Waals surface area contributed by atoms with Crippen molar-refractivity contribution < 1.29 is 8.91 Å². The molecule has 94 valence electrons. The average molecular weight is 248 g/mol. The summed E-state index contributed by atoms with van der Waals surface area (Å²) in [4.78, 5) is 8.09. The van der Waals surface area contributed by atoms with Crippen LogP contribution in [0.25, 0.3) is 11.5 Å². The summed E-state index contributed by atoms with van der Waals surface area (Å²) in [6.07, 6.45) is 4.81. The number of rotatable bonds is 2. The lowest BCUT2D eigenvalue weighted by Gasteiger charge is -2.19. The summed E-state index contributed by atoms with van der Waals surface area (Å²) in [6.45, 7) is 1.90. The minimum Gasteiger partial charge on any atom is -0.334 e. The van der Waals surface area contributed by atoms with E-state index in [1.807, 2.05) is 0 Å². The van der Waals surface area contributed by atoms with Crippen LogP contribution in [0.3, 0.4) is 0 Å². The van der Waals surface area contributed by atoms with Crippen LogP contribution in [0.5, 0.6) is 0 Å². The predicted octanol–water partition coefficient (Wildman–Crippen LogP) is 1.74. The third kappa shape index (κ3) is 2.24. The highest BCUT2D eigenvalue weighted by molar-refractivity contribution is 5.50. The summed E-state index contributed by atoms with van der Waals surface area (Å²) in [5.74, 6) is 0.869. The number of hydrogen-bond acceptors (Lipinski definition) is 5. The van der Waals surface area contributed by atoms with Crippen LogP contribution in [0.4, 0.5) is 4.39 Å². The molecule has 5 nitrogen and oxygen atoms in total. The second-order valence-electron chi connectivity index (χ2n) is 4.39. The highest BCUT2D eigenvalue weighted by Crippen LogP contribution is 2.24. The molecule has 18 heavy (non-hydrogen) atoms. The van der Waals surface area contributed by atoms with Crippen molar-refractivity contribution in [3.05, 3.63) is 30.1 Å². The number of nitrogens with zero attached hydrogens (tertiary/aromatic N) is 3. The van der Waals surface area contributed by atoms with Gasteiger partial charge in [-0.3, -0.25) is 4.98 Å². The fourth-order valence-electron chi connectivity index (χ4n) is 2.12. The summed E-state index contributed by atoms with van der Waals surface area (Å²) < 4.78 is 18.2. The van der Waals surface area contributed by atoms with Crippen LogP contribution in [0.15, 0.2) is 23.0 Å². The van der Waals surface area contributed by atoms with Crippen molar-refractivity contribution in [2.45, 2.75) is 18.8 Å². The summed E-state index contributed by atoms with van der Waals surface area (Å²) in [7, 11) is 0. The van der Waals surface area contributed by atoms with Gasteiger partial charge in [-0.05, 0) is 25.5 Å². The van der Waals surface area contributed by atoms with E-state index in [0.29, 0.717) is 17.3 Å². The van der Waals surface area contributed by atoms with Gasteiger partial charge in [-0.1, -0.05) is 5.16 Å². The van der Waals surface area contributed by atoms with E-state index in [0.717, 1.165) is 32.1 Å². The zero-order chi connectivity index (χ0) is 12.4. The van der Waals surface area contributed by atoms with Gasteiger partial charge in [0.2, 0.25) is 0 Å². The Morgan fingerprint density at radius 1 is 1.39 bits per heavy atom. The molecule has 0 aromatic carbocycles. The van der Waals surface area contributed by atoms with Gasteiger partial charge in [0.05, 0.1) is 11.8 Å². The maximum atomic E-state index is 13.1. The Bertz CT molecular complexity index is 536. The normalized spacial score (nSPS) is 19.9. The lowest BCUT2D eigenvalue weighted by Crippen LogP contribution is -2.28. The standard InChI is InChI=1S/C12H13FN4O/c13-10-4-9(6-15-7-10)12-16-11(17-18-12)8-2-1-3-14-5-8/h4,6-8,14H,1-3,5H2. The first-order valence-corrected chi connectivity index (χ1v) is 5.98. The van der Waals surface area contributed by atoms with Gasteiger partial charge >= 0.3 is 0 Å². The number of hydrogen-bond donors (Lipinski definition) is 1. The molecule has 1 saturated heterocycles. The lowest BCUT2D eigenvalue weighted by atomic mass is 9.99. The Hall–Kier alpha value is -1.82. The maximum absolute atomic E-state index is 13.1. The molecule has 2 aromatic heterocycles. The number of aromatic nitrogens is 3. The van der Waals surface area contributed by atoms with Gasteiger partial charge in [-0.25, -0.2) is 4.39 Å². The third-order valence-corrected chi connectivity index (χ3v) is 3.06. The topological polar surface area (TPSA) is 63.8 Å². The summed E-state index contributed by atoms with van der Waals surface area (Å²) in [6, 6.07) is 1.34. The monoisotopic (exact) mass is 248 g/mol. The van der Waals surface area contributed by atoms with Gasteiger partial charge < -0.3 is 9.84 Å². The fraction of sp³-hybridized carbons (Fsp3) is 0.417. The molecule has 1 unspecified atom stereocenters. The van der Waals surface area contributed by atoms with Crippen molar-refractivity contribution >= 4 is 0 Å². The first-order chi connectivity index (χ1) is 8.83. The summed E-state index contributed by atoms with van der Waals surface area (Å²) in [5.41, 5.74) is 0.512. The van der Waals surface area contributed by atoms with Crippen LogP contribution in [-0.4, -0.2) is 28.2 Å². The summed E-state index contributed by atoms with van der Waals surface area (Å²) in [5, 5.41) is 7.27. The average Bonchev–Trinajstić information content (AvgIpc) is 2.89. The van der Waals surface area contributed by atoms with E-state index >= 15 is 0 Å². The zero-order valence-electron chi connectivity index (χ0n) is 9.77. The summed E-state index contributed by atoms with van der Waals surface area (Å²) >= 11 is 0. The van der Waals surface area contributed by atoms with Crippen molar-refractivity contribution in [3.63, 3.8) is 0 Å². The Morgan fingerprint density at radius 2 is 2.33 bits per heavy atom. The Kier molecular flexibility index (Phi) is 3.02. The van der Waals surface area contributed by atoms with Crippen molar-refractivity contribution in [2.75, 3.05) is 13.1 Å². The maximum Gasteiger partial charge on any atom is 0.259 e. The largest absolute Gasteiger partial charge is 0.334 e. The number of nitrogens with one attached hydrogen (secondary N) is 1. The molecule has 1 N–H and O–H groups in total. The Morgan fingerprint density at radius 3 is 3.11 bits per heavy atom. The first kappa shape index (κ1) is 11.3. The van der Waals surface area contributed by atoms with Gasteiger partial charge in [0, 0.05) is 18.7 Å². The molecule has 3 rings (SSSR count). The van der Waals surface area contributed by atoms with Gasteiger partial charge in [0.1, 0.15) is 5.82 Å². The smallest absolute Gasteiger partial charge is 0.259 e. The minimum absolute atomic E-state index is 0.276. The molecule has 0 saturated carbocycles. The highest BCUT2D eigenvalue weighted by atomic mass is 19.1. The van der Waals surface area contributed by atoms with E-state index < -0.39 is 5.82 Å². The number of pyridine rings is 1. The van der Waals surface area contributed by atoms with Crippen LogP contribution in [0.2, 0.25) is 0 Å². The second kappa shape index (κ2) is 4.81. The molecular weight excluding hydrogens is 235 g/mol. The van der Waals surface area contributed by atoms with Crippen LogP contribution in [0.1, 0.15) is 24.6 Å². The van der Waals surface area contributed by atoms with Crippen molar-refractivity contribution in [1.29, 1.82) is 0 Å². The Balaban J connectivity index is 1.84. The minimum atomic E-state index is -0.411. The highest BCUT2D eigenvalue weighted by Gasteiger charge is 2.21. The Labute approximate surface area is 103 Å². The molecular formula is C12H13FN4O. The molecule has 3 heterocycles. The van der Waals surface area contributed by atoms with Crippen LogP contribution < -0.4 is 5.32 Å². The molecule has 0 aliphatic carbocycles. The van der Waals surface area contributed by atoms with Crippen LogP contribution in [-0.2, 0) is 0 Å². The van der Waals surface area contributed by atoms with E-state index in [9.17, 15) is 4.39 Å². The molecule has 1 atom stereocenters. The van der Waals surface area contributed by atoms with E-state index in [4.69, 9.17) is 4.52 Å². The van der Waals surface area contributed by atoms with E-state index in [-0.39, 0.29) is 5.92 Å². The van der Waals surface area contributed by atoms with Gasteiger partial charge in [-0.2, -0.15) is 4.98 Å². The van der Waals surface area contributed by atoms with E-state index in [1.54, 1.807) is 0 Å². The van der Waals surface area contributed by atoms with Crippen LogP contribution >= 0.6 is 0 Å². The van der Waals surface area contributed by atoms with E-state index in [2.05, 4.69) is 20.4 Å². The fourth-order valence-corrected chi connectivity index (χ4v) is 2.12. The SMILES string of the molecule is Fc1cncc(-c2nc(C3CCCNC3)no2)c1. The molecule has 2 aromatic rings. The molecule has 1 aliphatic rings. The molecule has 0 bridgehead atoms. The van der Waals surface area contributed by atoms with Crippen molar-refractivity contribution in [3.8, 4) is 11.5 Å². The number of halogens is 1. The van der Waals surface area contributed by atoms with E-state index in [1.165, 1.54) is 12.3 Å². The third-order valence-electron chi connectivity index (χ3n) is 3.06. The quantitative estimate of drug-likeness (QED) is 0.877. The second-order valence-corrected chi connectivity index (χ2v) is 4.39. The van der Waals surface area contributed by atoms with Gasteiger partial charge in [0.25, 0.3) is 5.89 Å². The van der Waals surface area contributed by atoms with Crippen molar-refractivity contribution in [1.82, 2.24) is 20.4 Å².